The molecule has 0 saturated carbocycles. The summed E-state index contributed by atoms with van der Waals surface area (Å²) < 4.78 is 0. The molecule has 3 rings (SSSR count). The van der Waals surface area contributed by atoms with E-state index in [4.69, 9.17) is 0 Å². The lowest BCUT2D eigenvalue weighted by Gasteiger charge is -2.39. The number of amides is 1. The van der Waals surface area contributed by atoms with Crippen LogP contribution in [0.25, 0.3) is 0 Å². The van der Waals surface area contributed by atoms with Gasteiger partial charge in [0.15, 0.2) is 0 Å². The Hall–Kier alpha value is -1.35. The zero-order chi connectivity index (χ0) is 11.7. The van der Waals surface area contributed by atoms with Gasteiger partial charge in [0.2, 0.25) is 5.91 Å². The lowest BCUT2D eigenvalue weighted by atomic mass is 9.67. The molecule has 0 aliphatic carbocycles. The molecule has 1 aromatic rings. The number of piperidine rings is 1. The summed E-state index contributed by atoms with van der Waals surface area (Å²) in [5.74, 6) is 0.603. The van der Waals surface area contributed by atoms with Crippen LogP contribution in [0.15, 0.2) is 30.3 Å². The molecule has 2 saturated heterocycles. The van der Waals surface area contributed by atoms with E-state index in [0.29, 0.717) is 5.92 Å². The number of hydrogen-bond acceptors (Lipinski definition) is 2. The molecule has 2 aliphatic heterocycles. The number of carbonyl (C=O) groups is 1. The molecular weight excluding hydrogens is 212 g/mol. The SMILES string of the molecule is O=C1NCCC12CNCCC2c1ccccc1. The van der Waals surface area contributed by atoms with Crippen molar-refractivity contribution < 1.29 is 4.79 Å². The Labute approximate surface area is 102 Å². The average Bonchev–Trinajstić information content (AvgIpc) is 2.73. The molecule has 2 atom stereocenters. The Kier molecular flexibility index (Phi) is 2.63. The van der Waals surface area contributed by atoms with Gasteiger partial charge in [-0.1, -0.05) is 30.3 Å². The Morgan fingerprint density at radius 1 is 1.18 bits per heavy atom. The van der Waals surface area contributed by atoms with Crippen LogP contribution in [0.5, 0.6) is 0 Å². The molecule has 3 heteroatoms. The highest BCUT2D eigenvalue weighted by molar-refractivity contribution is 5.86. The second-order valence-electron chi connectivity index (χ2n) is 5.09. The molecule has 0 radical (unpaired) electrons. The van der Waals surface area contributed by atoms with Gasteiger partial charge in [-0.3, -0.25) is 4.79 Å². The van der Waals surface area contributed by atoms with Crippen molar-refractivity contribution in [1.29, 1.82) is 0 Å². The van der Waals surface area contributed by atoms with Crippen molar-refractivity contribution in [2.45, 2.75) is 18.8 Å². The zero-order valence-electron chi connectivity index (χ0n) is 9.91. The van der Waals surface area contributed by atoms with Gasteiger partial charge in [-0.25, -0.2) is 0 Å². The van der Waals surface area contributed by atoms with Crippen LogP contribution in [0.3, 0.4) is 0 Å². The van der Waals surface area contributed by atoms with Gasteiger partial charge in [0, 0.05) is 19.0 Å². The molecule has 0 aromatic heterocycles. The second kappa shape index (κ2) is 4.15. The molecule has 2 heterocycles. The van der Waals surface area contributed by atoms with Crippen LogP contribution in [-0.2, 0) is 4.79 Å². The summed E-state index contributed by atoms with van der Waals surface area (Å²) in [6, 6.07) is 10.5. The first kappa shape index (κ1) is 10.8. The van der Waals surface area contributed by atoms with Gasteiger partial charge in [0.25, 0.3) is 0 Å². The molecule has 2 aliphatic rings. The van der Waals surface area contributed by atoms with E-state index in [1.807, 2.05) is 6.07 Å². The van der Waals surface area contributed by atoms with E-state index in [2.05, 4.69) is 34.9 Å². The molecule has 2 unspecified atom stereocenters. The molecule has 1 aromatic carbocycles. The zero-order valence-corrected chi connectivity index (χ0v) is 9.91. The van der Waals surface area contributed by atoms with E-state index in [1.54, 1.807) is 0 Å². The number of hydrogen-bond donors (Lipinski definition) is 2. The smallest absolute Gasteiger partial charge is 0.228 e. The van der Waals surface area contributed by atoms with Gasteiger partial charge in [-0.2, -0.15) is 0 Å². The van der Waals surface area contributed by atoms with E-state index in [0.717, 1.165) is 32.5 Å². The standard InChI is InChI=1S/C14H18N2O/c17-13-14(7-9-16-13)10-15-8-6-12(14)11-4-2-1-3-5-11/h1-5,12,15H,6-10H2,(H,16,17). The van der Waals surface area contributed by atoms with Crippen LogP contribution in [0, 0.1) is 5.41 Å². The Morgan fingerprint density at radius 2 is 2.00 bits per heavy atom. The van der Waals surface area contributed by atoms with Crippen LogP contribution < -0.4 is 10.6 Å². The van der Waals surface area contributed by atoms with E-state index in [9.17, 15) is 4.79 Å². The van der Waals surface area contributed by atoms with Crippen molar-refractivity contribution in [2.24, 2.45) is 5.41 Å². The van der Waals surface area contributed by atoms with Gasteiger partial charge in [-0.05, 0) is 24.9 Å². The summed E-state index contributed by atoms with van der Waals surface area (Å²) in [5, 5.41) is 6.39. The molecule has 17 heavy (non-hydrogen) atoms. The van der Waals surface area contributed by atoms with Crippen molar-refractivity contribution in [2.75, 3.05) is 19.6 Å². The largest absolute Gasteiger partial charge is 0.356 e. The fourth-order valence-corrected chi connectivity index (χ4v) is 3.32. The average molecular weight is 230 g/mol. The van der Waals surface area contributed by atoms with Gasteiger partial charge < -0.3 is 10.6 Å². The predicted molar refractivity (Wildman–Crippen MR) is 66.7 cm³/mol. The number of carbonyl (C=O) groups excluding carboxylic acids is 1. The van der Waals surface area contributed by atoms with Crippen LogP contribution in [0.4, 0.5) is 0 Å². The van der Waals surface area contributed by atoms with Crippen LogP contribution in [-0.4, -0.2) is 25.5 Å². The number of nitrogens with one attached hydrogen (secondary N) is 2. The molecule has 90 valence electrons. The molecular formula is C14H18N2O. The van der Waals surface area contributed by atoms with Crippen LogP contribution in [0.1, 0.15) is 24.3 Å². The van der Waals surface area contributed by atoms with Gasteiger partial charge in [-0.15, -0.1) is 0 Å². The highest BCUT2D eigenvalue weighted by Crippen LogP contribution is 2.45. The number of benzene rings is 1. The van der Waals surface area contributed by atoms with E-state index in [-0.39, 0.29) is 11.3 Å². The maximum atomic E-state index is 12.2. The van der Waals surface area contributed by atoms with Gasteiger partial charge in [0.1, 0.15) is 0 Å². The maximum Gasteiger partial charge on any atom is 0.228 e. The summed E-state index contributed by atoms with van der Waals surface area (Å²) in [6.45, 7) is 2.65. The van der Waals surface area contributed by atoms with Crippen molar-refractivity contribution in [1.82, 2.24) is 10.6 Å². The number of rotatable bonds is 1. The minimum absolute atomic E-state index is 0.209. The molecule has 2 N–H and O–H groups in total. The van der Waals surface area contributed by atoms with Gasteiger partial charge in [0.05, 0.1) is 5.41 Å². The topological polar surface area (TPSA) is 41.1 Å². The first-order valence-electron chi connectivity index (χ1n) is 6.37. The predicted octanol–water partition coefficient (Wildman–Crippen LogP) is 1.27. The van der Waals surface area contributed by atoms with E-state index in [1.165, 1.54) is 5.56 Å². The van der Waals surface area contributed by atoms with E-state index >= 15 is 0 Å². The third-order valence-corrected chi connectivity index (χ3v) is 4.23. The first-order chi connectivity index (χ1) is 8.33. The monoisotopic (exact) mass is 230 g/mol. The third-order valence-electron chi connectivity index (χ3n) is 4.23. The van der Waals surface area contributed by atoms with Crippen molar-refractivity contribution in [3.8, 4) is 0 Å². The second-order valence-corrected chi connectivity index (χ2v) is 5.09. The van der Waals surface area contributed by atoms with Crippen molar-refractivity contribution in [3.63, 3.8) is 0 Å². The van der Waals surface area contributed by atoms with Gasteiger partial charge >= 0.3 is 0 Å². The molecule has 0 bridgehead atoms. The molecule has 1 spiro atoms. The Morgan fingerprint density at radius 3 is 2.71 bits per heavy atom. The highest BCUT2D eigenvalue weighted by atomic mass is 16.2. The fraction of sp³-hybridized carbons (Fsp3) is 0.500. The minimum atomic E-state index is -0.209. The Balaban J connectivity index is 1.98. The lowest BCUT2D eigenvalue weighted by Crippen LogP contribution is -2.49. The van der Waals surface area contributed by atoms with Crippen molar-refractivity contribution >= 4 is 5.91 Å². The van der Waals surface area contributed by atoms with Crippen LogP contribution >= 0.6 is 0 Å². The molecule has 1 amide bonds. The fourth-order valence-electron chi connectivity index (χ4n) is 3.32. The maximum absolute atomic E-state index is 12.2. The molecule has 2 fully saturated rings. The Bertz CT molecular complexity index is 417. The summed E-state index contributed by atoms with van der Waals surface area (Å²) in [5.41, 5.74) is 1.10. The lowest BCUT2D eigenvalue weighted by molar-refractivity contribution is -0.129. The summed E-state index contributed by atoms with van der Waals surface area (Å²) in [7, 11) is 0. The minimum Gasteiger partial charge on any atom is -0.356 e. The molecule has 3 nitrogen and oxygen atoms in total. The summed E-state index contributed by atoms with van der Waals surface area (Å²) in [6.07, 6.45) is 2.01. The van der Waals surface area contributed by atoms with E-state index < -0.39 is 0 Å². The summed E-state index contributed by atoms with van der Waals surface area (Å²) >= 11 is 0. The highest BCUT2D eigenvalue weighted by Gasteiger charge is 2.50. The first-order valence-corrected chi connectivity index (χ1v) is 6.37. The van der Waals surface area contributed by atoms with Crippen LogP contribution in [0.2, 0.25) is 0 Å². The normalized spacial score (nSPS) is 32.7. The van der Waals surface area contributed by atoms with Crippen molar-refractivity contribution in [3.05, 3.63) is 35.9 Å². The quantitative estimate of drug-likeness (QED) is 0.763. The third kappa shape index (κ3) is 1.65. The summed E-state index contributed by atoms with van der Waals surface area (Å²) in [4.78, 5) is 12.2.